The first-order valence-corrected chi connectivity index (χ1v) is 12.4. The molecule has 3 rings (SSSR count). The second kappa shape index (κ2) is 10.7. The second-order valence-corrected chi connectivity index (χ2v) is 9.69. The molecule has 1 aliphatic heterocycles. The smallest absolute Gasteiger partial charge is 0.254 e. The van der Waals surface area contributed by atoms with Crippen molar-refractivity contribution >= 4 is 27.5 Å². The number of anilines is 1. The quantitative estimate of drug-likeness (QED) is 0.624. The lowest BCUT2D eigenvalue weighted by Crippen LogP contribution is -2.41. The lowest BCUT2D eigenvalue weighted by atomic mass is 10.1. The number of amides is 2. The van der Waals surface area contributed by atoms with E-state index in [2.05, 4.69) is 5.32 Å². The summed E-state index contributed by atoms with van der Waals surface area (Å²) in [4.78, 5) is 27.0. The maximum atomic E-state index is 12.6. The summed E-state index contributed by atoms with van der Waals surface area (Å²) in [7, 11) is -2.16. The standard InChI is InChI=1S/C23H29N3O6S/c1-17(18-6-10-21(31-2)11-7-18)24-22(27)16-26(33(3,29)30)20-8-4-19(5-9-20)23(28)25-12-14-32-15-13-25/h4-11,17H,12-16H2,1-3H3,(H,24,27). The van der Waals surface area contributed by atoms with Crippen LogP contribution in [0.15, 0.2) is 48.5 Å². The first-order valence-electron chi connectivity index (χ1n) is 10.6. The van der Waals surface area contributed by atoms with E-state index in [0.717, 1.165) is 16.1 Å². The van der Waals surface area contributed by atoms with E-state index in [1.54, 1.807) is 36.3 Å². The zero-order valence-electron chi connectivity index (χ0n) is 19.0. The molecule has 0 bridgehead atoms. The Morgan fingerprint density at radius 2 is 1.70 bits per heavy atom. The number of nitrogens with one attached hydrogen (secondary N) is 1. The SMILES string of the molecule is COc1ccc(C(C)NC(=O)CN(c2ccc(C(=O)N3CCOCC3)cc2)S(C)(=O)=O)cc1. The first kappa shape index (κ1) is 24.5. The van der Waals surface area contributed by atoms with Crippen LogP contribution in [0.3, 0.4) is 0 Å². The monoisotopic (exact) mass is 475 g/mol. The number of carbonyl (C=O) groups excluding carboxylic acids is 2. The van der Waals surface area contributed by atoms with Gasteiger partial charge < -0.3 is 19.7 Å². The number of carbonyl (C=O) groups is 2. The van der Waals surface area contributed by atoms with Crippen LogP contribution in [0.5, 0.6) is 5.75 Å². The third-order valence-corrected chi connectivity index (χ3v) is 6.52. The Morgan fingerprint density at radius 3 is 2.24 bits per heavy atom. The predicted molar refractivity (Wildman–Crippen MR) is 125 cm³/mol. The van der Waals surface area contributed by atoms with Gasteiger partial charge in [-0.3, -0.25) is 13.9 Å². The molecule has 1 unspecified atom stereocenters. The van der Waals surface area contributed by atoms with E-state index in [0.29, 0.717) is 43.3 Å². The Morgan fingerprint density at radius 1 is 1.09 bits per heavy atom. The maximum absolute atomic E-state index is 12.6. The summed E-state index contributed by atoms with van der Waals surface area (Å²) in [6.07, 6.45) is 1.04. The van der Waals surface area contributed by atoms with E-state index >= 15 is 0 Å². The largest absolute Gasteiger partial charge is 0.497 e. The molecule has 33 heavy (non-hydrogen) atoms. The highest BCUT2D eigenvalue weighted by atomic mass is 32.2. The number of sulfonamides is 1. The number of rotatable bonds is 8. The molecule has 0 radical (unpaired) electrons. The van der Waals surface area contributed by atoms with Gasteiger partial charge in [0.05, 0.1) is 38.3 Å². The van der Waals surface area contributed by atoms with Crippen LogP contribution in [0.1, 0.15) is 28.9 Å². The molecular formula is C23H29N3O6S. The van der Waals surface area contributed by atoms with Crippen molar-refractivity contribution in [3.8, 4) is 5.75 Å². The second-order valence-electron chi connectivity index (χ2n) is 7.78. The Labute approximate surface area is 194 Å². The van der Waals surface area contributed by atoms with Crippen molar-refractivity contribution in [1.29, 1.82) is 0 Å². The highest BCUT2D eigenvalue weighted by molar-refractivity contribution is 7.92. The van der Waals surface area contributed by atoms with Gasteiger partial charge in [0.15, 0.2) is 0 Å². The highest BCUT2D eigenvalue weighted by Crippen LogP contribution is 2.21. The Hall–Kier alpha value is -3.11. The molecule has 1 atom stereocenters. The molecule has 1 fully saturated rings. The minimum absolute atomic E-state index is 0.137. The van der Waals surface area contributed by atoms with E-state index in [4.69, 9.17) is 9.47 Å². The van der Waals surface area contributed by atoms with Gasteiger partial charge in [0.2, 0.25) is 15.9 Å². The van der Waals surface area contributed by atoms with E-state index in [1.807, 2.05) is 19.1 Å². The van der Waals surface area contributed by atoms with E-state index in [9.17, 15) is 18.0 Å². The molecule has 2 aromatic carbocycles. The van der Waals surface area contributed by atoms with Crippen LogP contribution in [0, 0.1) is 0 Å². The zero-order valence-corrected chi connectivity index (χ0v) is 19.8. The molecule has 1 aliphatic rings. The first-order chi connectivity index (χ1) is 15.7. The lowest BCUT2D eigenvalue weighted by molar-refractivity contribution is -0.120. The van der Waals surface area contributed by atoms with Crippen LogP contribution in [0.25, 0.3) is 0 Å². The number of morpholine rings is 1. The molecule has 0 spiro atoms. The summed E-state index contributed by atoms with van der Waals surface area (Å²) in [6, 6.07) is 13.2. The van der Waals surface area contributed by atoms with Crippen LogP contribution in [-0.4, -0.2) is 71.3 Å². The summed E-state index contributed by atoms with van der Waals surface area (Å²) >= 11 is 0. The number of hydrogen-bond donors (Lipinski definition) is 1. The number of hydrogen-bond acceptors (Lipinski definition) is 6. The molecule has 10 heteroatoms. The normalized spacial score (nSPS) is 14.9. The number of ether oxygens (including phenoxy) is 2. The minimum atomic E-state index is -3.73. The van der Waals surface area contributed by atoms with Crippen LogP contribution < -0.4 is 14.4 Å². The average molecular weight is 476 g/mol. The average Bonchev–Trinajstić information content (AvgIpc) is 2.82. The Balaban J connectivity index is 1.69. The van der Waals surface area contributed by atoms with Gasteiger partial charge in [0.25, 0.3) is 5.91 Å². The molecule has 0 aromatic heterocycles. The van der Waals surface area contributed by atoms with Crippen molar-refractivity contribution in [2.24, 2.45) is 0 Å². The number of benzene rings is 2. The fourth-order valence-corrected chi connectivity index (χ4v) is 4.37. The fourth-order valence-electron chi connectivity index (χ4n) is 3.51. The lowest BCUT2D eigenvalue weighted by Gasteiger charge is -2.27. The van der Waals surface area contributed by atoms with Crippen molar-refractivity contribution in [2.45, 2.75) is 13.0 Å². The fraction of sp³-hybridized carbons (Fsp3) is 0.391. The summed E-state index contributed by atoms with van der Waals surface area (Å²) in [6.45, 7) is 3.46. The van der Waals surface area contributed by atoms with E-state index < -0.39 is 15.9 Å². The molecule has 9 nitrogen and oxygen atoms in total. The van der Waals surface area contributed by atoms with Crippen LogP contribution in [0.2, 0.25) is 0 Å². The molecule has 0 saturated carbocycles. The van der Waals surface area contributed by atoms with Crippen LogP contribution in [0.4, 0.5) is 5.69 Å². The third-order valence-electron chi connectivity index (χ3n) is 5.38. The molecular weight excluding hydrogens is 446 g/mol. The number of nitrogens with zero attached hydrogens (tertiary/aromatic N) is 2. The van der Waals surface area contributed by atoms with Crippen LogP contribution in [-0.2, 0) is 19.6 Å². The van der Waals surface area contributed by atoms with Crippen molar-refractivity contribution in [3.05, 3.63) is 59.7 Å². The van der Waals surface area contributed by atoms with Crippen molar-refractivity contribution in [2.75, 3.05) is 50.5 Å². The van der Waals surface area contributed by atoms with Gasteiger partial charge in [-0.1, -0.05) is 12.1 Å². The predicted octanol–water partition coefficient (Wildman–Crippen LogP) is 1.81. The molecule has 1 N–H and O–H groups in total. The summed E-state index contributed by atoms with van der Waals surface area (Å²) in [5.74, 6) is 0.120. The topological polar surface area (TPSA) is 105 Å². The molecule has 1 saturated heterocycles. The van der Waals surface area contributed by atoms with E-state index in [1.165, 1.54) is 12.1 Å². The molecule has 0 aliphatic carbocycles. The Bertz CT molecular complexity index is 1060. The van der Waals surface area contributed by atoms with Crippen molar-refractivity contribution in [3.63, 3.8) is 0 Å². The molecule has 2 amide bonds. The highest BCUT2D eigenvalue weighted by Gasteiger charge is 2.23. The van der Waals surface area contributed by atoms with Crippen molar-refractivity contribution < 1.29 is 27.5 Å². The van der Waals surface area contributed by atoms with Gasteiger partial charge in [-0.25, -0.2) is 8.42 Å². The molecule has 2 aromatic rings. The Kier molecular flexibility index (Phi) is 7.93. The van der Waals surface area contributed by atoms with Gasteiger partial charge in [-0.05, 0) is 48.9 Å². The van der Waals surface area contributed by atoms with Crippen LogP contribution >= 0.6 is 0 Å². The summed E-state index contributed by atoms with van der Waals surface area (Å²) in [5.41, 5.74) is 1.62. The third kappa shape index (κ3) is 6.45. The minimum Gasteiger partial charge on any atom is -0.497 e. The zero-order chi connectivity index (χ0) is 24.0. The van der Waals surface area contributed by atoms with Gasteiger partial charge in [-0.2, -0.15) is 0 Å². The van der Waals surface area contributed by atoms with Gasteiger partial charge >= 0.3 is 0 Å². The van der Waals surface area contributed by atoms with Gasteiger partial charge in [-0.15, -0.1) is 0 Å². The number of methoxy groups -OCH3 is 1. The van der Waals surface area contributed by atoms with Crippen molar-refractivity contribution in [1.82, 2.24) is 10.2 Å². The van der Waals surface area contributed by atoms with Gasteiger partial charge in [0.1, 0.15) is 12.3 Å². The summed E-state index contributed by atoms with van der Waals surface area (Å²) in [5, 5.41) is 2.82. The van der Waals surface area contributed by atoms with Gasteiger partial charge in [0, 0.05) is 18.7 Å². The maximum Gasteiger partial charge on any atom is 0.254 e. The summed E-state index contributed by atoms with van der Waals surface area (Å²) < 4.78 is 36.2. The molecule has 178 valence electrons. The van der Waals surface area contributed by atoms with E-state index in [-0.39, 0.29) is 18.5 Å². The molecule has 1 heterocycles.